The zero-order valence-electron chi connectivity index (χ0n) is 14.2. The van der Waals surface area contributed by atoms with Crippen LogP contribution in [0.2, 0.25) is 0 Å². The lowest BCUT2D eigenvalue weighted by atomic mass is 10.1. The summed E-state index contributed by atoms with van der Waals surface area (Å²) in [6, 6.07) is 5.39. The maximum absolute atomic E-state index is 11.8. The molecule has 0 radical (unpaired) electrons. The van der Waals surface area contributed by atoms with E-state index >= 15 is 0 Å². The number of nitrogens with two attached hydrogens (primary N) is 1. The number of benzene rings is 1. The Labute approximate surface area is 145 Å². The van der Waals surface area contributed by atoms with Gasteiger partial charge in [0.25, 0.3) is 5.91 Å². The Morgan fingerprint density at radius 1 is 1.35 bits per heavy atom. The summed E-state index contributed by atoms with van der Waals surface area (Å²) in [6.07, 6.45) is 0. The molecule has 0 bridgehead atoms. The van der Waals surface area contributed by atoms with Gasteiger partial charge in [-0.25, -0.2) is 4.79 Å². The maximum atomic E-state index is 11.8. The van der Waals surface area contributed by atoms with Crippen LogP contribution in [0.25, 0.3) is 0 Å². The second-order valence-electron chi connectivity index (χ2n) is 6.37. The Morgan fingerprint density at radius 3 is 2.52 bits per heavy atom. The highest BCUT2D eigenvalue weighted by Crippen LogP contribution is 2.26. The van der Waals surface area contributed by atoms with Gasteiger partial charge in [-0.2, -0.15) is 0 Å². The van der Waals surface area contributed by atoms with Crippen molar-refractivity contribution in [1.82, 2.24) is 10.6 Å². The van der Waals surface area contributed by atoms with Crippen molar-refractivity contribution in [2.45, 2.75) is 39.3 Å². The van der Waals surface area contributed by atoms with Crippen LogP contribution in [0.1, 0.15) is 39.3 Å². The Balaban J connectivity index is 2.49. The second kappa shape index (κ2) is 8.31. The molecule has 0 aliphatic heterocycles. The summed E-state index contributed by atoms with van der Waals surface area (Å²) in [5, 5.41) is 6.88. The second-order valence-corrected chi connectivity index (χ2v) is 7.23. The van der Waals surface area contributed by atoms with Gasteiger partial charge >= 0.3 is 6.03 Å². The van der Waals surface area contributed by atoms with E-state index in [4.69, 9.17) is 4.74 Å². The van der Waals surface area contributed by atoms with E-state index in [1.807, 2.05) is 51.2 Å². The standard InChI is InChI=1S/C16H24BrN3O3/c1-10(11-6-7-13(23-5)12(17)8-11)18-9-14(21)19-15(22)20-16(2,3)4/h6-8,10,18H,9H2,1-5H3,(H2,19,20,21,22)/p+1/t10-/m1/s1. The molecule has 0 saturated carbocycles. The molecule has 3 amide bonds. The highest BCUT2D eigenvalue weighted by molar-refractivity contribution is 9.10. The summed E-state index contributed by atoms with van der Waals surface area (Å²) in [5.74, 6) is 0.434. The van der Waals surface area contributed by atoms with Crippen molar-refractivity contribution >= 4 is 27.9 Å². The zero-order chi connectivity index (χ0) is 17.6. The van der Waals surface area contributed by atoms with Gasteiger partial charge in [0.15, 0.2) is 6.54 Å². The number of urea groups is 1. The number of amides is 3. The molecule has 1 rings (SSSR count). The molecule has 0 unspecified atom stereocenters. The van der Waals surface area contributed by atoms with Crippen LogP contribution < -0.4 is 20.7 Å². The predicted molar refractivity (Wildman–Crippen MR) is 92.3 cm³/mol. The number of quaternary nitrogens is 1. The Bertz CT molecular complexity index is 570. The quantitative estimate of drug-likeness (QED) is 0.719. The van der Waals surface area contributed by atoms with Gasteiger partial charge in [0.1, 0.15) is 11.8 Å². The van der Waals surface area contributed by atoms with Crippen LogP contribution in [0, 0.1) is 0 Å². The number of rotatable bonds is 5. The Hall–Kier alpha value is -1.60. The molecule has 0 aliphatic rings. The van der Waals surface area contributed by atoms with Crippen LogP contribution in [0.15, 0.2) is 22.7 Å². The first kappa shape index (κ1) is 19.4. The molecule has 4 N–H and O–H groups in total. The minimum Gasteiger partial charge on any atom is -0.496 e. The number of carbonyl (C=O) groups is 2. The molecule has 1 aromatic rings. The lowest BCUT2D eigenvalue weighted by Crippen LogP contribution is -2.87. The number of imide groups is 1. The largest absolute Gasteiger partial charge is 0.496 e. The molecular formula is C16H25BrN3O3+. The zero-order valence-corrected chi connectivity index (χ0v) is 15.8. The summed E-state index contributed by atoms with van der Waals surface area (Å²) in [5.41, 5.74) is 0.682. The fourth-order valence-corrected chi connectivity index (χ4v) is 2.49. The van der Waals surface area contributed by atoms with Gasteiger partial charge in [-0.05, 0) is 61.8 Å². The van der Waals surface area contributed by atoms with E-state index in [1.54, 1.807) is 7.11 Å². The van der Waals surface area contributed by atoms with Crippen LogP contribution in [0.3, 0.4) is 0 Å². The van der Waals surface area contributed by atoms with Gasteiger partial charge in [-0.3, -0.25) is 10.1 Å². The molecule has 1 atom stereocenters. The monoisotopic (exact) mass is 386 g/mol. The van der Waals surface area contributed by atoms with E-state index in [-0.39, 0.29) is 24.0 Å². The van der Waals surface area contributed by atoms with Crippen LogP contribution in [0.5, 0.6) is 5.75 Å². The van der Waals surface area contributed by atoms with Crippen molar-refractivity contribution in [3.8, 4) is 5.75 Å². The number of carbonyl (C=O) groups excluding carboxylic acids is 2. The van der Waals surface area contributed by atoms with Crippen LogP contribution in [-0.2, 0) is 4.79 Å². The Kier molecular flexibility index (Phi) is 7.02. The van der Waals surface area contributed by atoms with Crippen molar-refractivity contribution in [3.63, 3.8) is 0 Å². The fraction of sp³-hybridized carbons (Fsp3) is 0.500. The first-order valence-electron chi connectivity index (χ1n) is 7.41. The average Bonchev–Trinajstić information content (AvgIpc) is 2.42. The van der Waals surface area contributed by atoms with Gasteiger partial charge in [0, 0.05) is 11.1 Å². The van der Waals surface area contributed by atoms with E-state index in [2.05, 4.69) is 26.6 Å². The molecule has 7 heteroatoms. The van der Waals surface area contributed by atoms with Gasteiger partial charge in [-0.1, -0.05) is 0 Å². The molecule has 0 aliphatic carbocycles. The highest BCUT2D eigenvalue weighted by Gasteiger charge is 2.18. The van der Waals surface area contributed by atoms with Crippen molar-refractivity contribution in [1.29, 1.82) is 0 Å². The predicted octanol–water partition coefficient (Wildman–Crippen LogP) is 1.71. The molecule has 0 aromatic heterocycles. The Morgan fingerprint density at radius 2 is 2.00 bits per heavy atom. The van der Waals surface area contributed by atoms with Gasteiger partial charge in [0.05, 0.1) is 11.6 Å². The summed E-state index contributed by atoms with van der Waals surface area (Å²) in [6.45, 7) is 7.73. The first-order chi connectivity index (χ1) is 10.6. The van der Waals surface area contributed by atoms with Crippen molar-refractivity contribution in [2.75, 3.05) is 13.7 Å². The molecular weight excluding hydrogens is 362 g/mol. The highest BCUT2D eigenvalue weighted by atomic mass is 79.9. The molecule has 6 nitrogen and oxygen atoms in total. The summed E-state index contributed by atoms with van der Waals surface area (Å²) in [4.78, 5) is 23.4. The maximum Gasteiger partial charge on any atom is 0.322 e. The number of hydrogen-bond acceptors (Lipinski definition) is 3. The third-order valence-corrected chi connectivity index (χ3v) is 3.72. The molecule has 0 heterocycles. The van der Waals surface area contributed by atoms with Gasteiger partial charge in [-0.15, -0.1) is 0 Å². The number of halogens is 1. The van der Waals surface area contributed by atoms with Gasteiger partial charge in [0.2, 0.25) is 0 Å². The normalized spacial score (nSPS) is 12.4. The molecule has 1 aromatic carbocycles. The number of ether oxygens (including phenoxy) is 1. The van der Waals surface area contributed by atoms with Crippen molar-refractivity contribution in [3.05, 3.63) is 28.2 Å². The number of nitrogens with one attached hydrogen (secondary N) is 2. The number of hydrogen-bond donors (Lipinski definition) is 3. The summed E-state index contributed by atoms with van der Waals surface area (Å²) >= 11 is 3.45. The van der Waals surface area contributed by atoms with Crippen LogP contribution >= 0.6 is 15.9 Å². The van der Waals surface area contributed by atoms with Gasteiger partial charge < -0.3 is 15.4 Å². The average molecular weight is 387 g/mol. The van der Waals surface area contributed by atoms with Crippen molar-refractivity contribution in [2.24, 2.45) is 0 Å². The van der Waals surface area contributed by atoms with E-state index in [9.17, 15) is 9.59 Å². The minimum atomic E-state index is -0.476. The fourth-order valence-electron chi connectivity index (χ4n) is 1.94. The van der Waals surface area contributed by atoms with Crippen LogP contribution in [0.4, 0.5) is 4.79 Å². The molecule has 0 fully saturated rings. The first-order valence-corrected chi connectivity index (χ1v) is 8.20. The molecule has 0 saturated heterocycles. The van der Waals surface area contributed by atoms with E-state index < -0.39 is 6.03 Å². The lowest BCUT2D eigenvalue weighted by Gasteiger charge is -2.20. The molecule has 0 spiro atoms. The minimum absolute atomic E-state index is 0.0774. The van der Waals surface area contributed by atoms with Crippen LogP contribution in [-0.4, -0.2) is 31.1 Å². The SMILES string of the molecule is COc1ccc([C@@H](C)[NH2+]CC(=O)NC(=O)NC(C)(C)C)cc1Br. The topological polar surface area (TPSA) is 84.0 Å². The summed E-state index contributed by atoms with van der Waals surface area (Å²) < 4.78 is 6.06. The van der Waals surface area contributed by atoms with E-state index in [0.29, 0.717) is 0 Å². The smallest absolute Gasteiger partial charge is 0.322 e. The molecule has 23 heavy (non-hydrogen) atoms. The van der Waals surface area contributed by atoms with E-state index in [0.717, 1.165) is 15.8 Å². The molecule has 128 valence electrons. The third kappa shape index (κ3) is 7.00. The van der Waals surface area contributed by atoms with Crippen molar-refractivity contribution < 1.29 is 19.6 Å². The summed E-state index contributed by atoms with van der Waals surface area (Å²) in [7, 11) is 1.61. The lowest BCUT2D eigenvalue weighted by molar-refractivity contribution is -0.682. The number of methoxy groups -OCH3 is 1. The van der Waals surface area contributed by atoms with E-state index in [1.165, 1.54) is 0 Å². The third-order valence-electron chi connectivity index (χ3n) is 3.10.